The van der Waals surface area contributed by atoms with Gasteiger partial charge in [0.2, 0.25) is 5.91 Å². The standard InChI is InChI=1S/C22H27N3O6S/c1-31-17-8-6-15(7-9-17)20(16-4-3-5-18(14-16)32(2,29)30)24-22(28)25-12-11-23-21(27)19(25)10-13-26/h3-9,14,19-20,26H,10-13H2,1-2H3,(H,23,27)(H,24,28). The molecule has 1 saturated heterocycles. The van der Waals surface area contributed by atoms with Crippen molar-refractivity contribution in [2.45, 2.75) is 23.4 Å². The lowest BCUT2D eigenvalue weighted by atomic mass is 9.98. The Balaban J connectivity index is 1.97. The second-order valence-electron chi connectivity index (χ2n) is 7.51. The van der Waals surface area contributed by atoms with Gasteiger partial charge in [-0.15, -0.1) is 0 Å². The summed E-state index contributed by atoms with van der Waals surface area (Å²) >= 11 is 0. The van der Waals surface area contributed by atoms with Crippen molar-refractivity contribution in [2.75, 3.05) is 33.1 Å². The van der Waals surface area contributed by atoms with Crippen LogP contribution < -0.4 is 15.4 Å². The first kappa shape index (κ1) is 23.6. The molecule has 0 aromatic heterocycles. The molecule has 1 aliphatic heterocycles. The number of hydrogen-bond donors (Lipinski definition) is 3. The van der Waals surface area contributed by atoms with E-state index in [1.165, 1.54) is 17.0 Å². The fraction of sp³-hybridized carbons (Fsp3) is 0.364. The Bertz CT molecular complexity index is 1070. The van der Waals surface area contributed by atoms with Gasteiger partial charge in [0.05, 0.1) is 18.0 Å². The predicted molar refractivity (Wildman–Crippen MR) is 118 cm³/mol. The summed E-state index contributed by atoms with van der Waals surface area (Å²) in [5.74, 6) is 0.319. The van der Waals surface area contributed by atoms with Crippen molar-refractivity contribution in [3.05, 3.63) is 59.7 Å². The van der Waals surface area contributed by atoms with Gasteiger partial charge in [-0.25, -0.2) is 13.2 Å². The number of nitrogens with one attached hydrogen (secondary N) is 2. The maximum atomic E-state index is 13.2. The Morgan fingerprint density at radius 2 is 1.97 bits per heavy atom. The van der Waals surface area contributed by atoms with Crippen LogP contribution in [0.5, 0.6) is 5.75 Å². The molecule has 0 saturated carbocycles. The van der Waals surface area contributed by atoms with Gasteiger partial charge in [0.25, 0.3) is 0 Å². The molecule has 1 fully saturated rings. The van der Waals surface area contributed by atoms with Crippen LogP contribution in [0.2, 0.25) is 0 Å². The highest BCUT2D eigenvalue weighted by atomic mass is 32.2. The second kappa shape index (κ2) is 10.0. The van der Waals surface area contributed by atoms with Crippen LogP contribution in [0.3, 0.4) is 0 Å². The molecule has 3 amide bonds. The first-order chi connectivity index (χ1) is 15.2. The van der Waals surface area contributed by atoms with Crippen LogP contribution in [0.4, 0.5) is 4.79 Å². The van der Waals surface area contributed by atoms with Crippen molar-refractivity contribution in [2.24, 2.45) is 0 Å². The highest BCUT2D eigenvalue weighted by molar-refractivity contribution is 7.90. The van der Waals surface area contributed by atoms with Crippen LogP contribution in [0.25, 0.3) is 0 Å². The van der Waals surface area contributed by atoms with Gasteiger partial charge in [0, 0.05) is 26.0 Å². The Labute approximate surface area is 187 Å². The third-order valence-corrected chi connectivity index (χ3v) is 6.44. The number of ether oxygens (including phenoxy) is 1. The molecule has 1 heterocycles. The fourth-order valence-corrected chi connectivity index (χ4v) is 4.33. The molecule has 2 aromatic rings. The minimum absolute atomic E-state index is 0.121. The van der Waals surface area contributed by atoms with E-state index in [1.807, 2.05) is 0 Å². The molecule has 32 heavy (non-hydrogen) atoms. The molecular formula is C22H27N3O6S. The third-order valence-electron chi connectivity index (χ3n) is 5.33. The van der Waals surface area contributed by atoms with Gasteiger partial charge in [-0.05, 0) is 41.8 Å². The summed E-state index contributed by atoms with van der Waals surface area (Å²) in [6.45, 7) is 0.367. The van der Waals surface area contributed by atoms with Crippen LogP contribution in [0.1, 0.15) is 23.6 Å². The summed E-state index contributed by atoms with van der Waals surface area (Å²) in [5, 5.41) is 15.0. The number of hydrogen-bond acceptors (Lipinski definition) is 6. The fourth-order valence-electron chi connectivity index (χ4n) is 3.65. The Hall–Kier alpha value is -3.11. The summed E-state index contributed by atoms with van der Waals surface area (Å²) < 4.78 is 29.3. The summed E-state index contributed by atoms with van der Waals surface area (Å²) in [7, 11) is -1.90. The van der Waals surface area contributed by atoms with Crippen molar-refractivity contribution in [3.8, 4) is 5.75 Å². The smallest absolute Gasteiger partial charge is 0.318 e. The lowest BCUT2D eigenvalue weighted by Crippen LogP contribution is -2.59. The quantitative estimate of drug-likeness (QED) is 0.567. The number of aliphatic hydroxyl groups excluding tert-OH is 1. The molecule has 2 unspecified atom stereocenters. The van der Waals surface area contributed by atoms with E-state index in [4.69, 9.17) is 4.74 Å². The van der Waals surface area contributed by atoms with Crippen molar-refractivity contribution >= 4 is 21.8 Å². The zero-order valence-corrected chi connectivity index (χ0v) is 18.8. The van der Waals surface area contributed by atoms with Crippen LogP contribution >= 0.6 is 0 Å². The number of amides is 3. The number of sulfone groups is 1. The maximum absolute atomic E-state index is 13.2. The Morgan fingerprint density at radius 1 is 1.25 bits per heavy atom. The molecule has 10 heteroatoms. The Morgan fingerprint density at radius 3 is 2.59 bits per heavy atom. The van der Waals surface area contributed by atoms with E-state index in [1.54, 1.807) is 43.5 Å². The number of benzene rings is 2. The molecule has 0 aliphatic carbocycles. The lowest BCUT2D eigenvalue weighted by Gasteiger charge is -2.36. The predicted octanol–water partition coefficient (Wildman–Crippen LogP) is 1.08. The average Bonchev–Trinajstić information content (AvgIpc) is 2.78. The normalized spacial score (nSPS) is 17.4. The van der Waals surface area contributed by atoms with Crippen LogP contribution in [-0.2, 0) is 14.6 Å². The van der Waals surface area contributed by atoms with E-state index in [0.717, 1.165) is 6.26 Å². The molecule has 0 bridgehead atoms. The zero-order valence-electron chi connectivity index (χ0n) is 17.9. The molecule has 9 nitrogen and oxygen atoms in total. The van der Waals surface area contributed by atoms with Gasteiger partial charge in [0.1, 0.15) is 11.8 Å². The summed E-state index contributed by atoms with van der Waals surface area (Å²) in [5.41, 5.74) is 1.29. The summed E-state index contributed by atoms with van der Waals surface area (Å²) in [6.07, 6.45) is 1.24. The molecule has 2 atom stereocenters. The largest absolute Gasteiger partial charge is 0.497 e. The second-order valence-corrected chi connectivity index (χ2v) is 9.53. The first-order valence-electron chi connectivity index (χ1n) is 10.1. The van der Waals surface area contributed by atoms with E-state index in [9.17, 15) is 23.1 Å². The number of carbonyl (C=O) groups excluding carboxylic acids is 2. The van der Waals surface area contributed by atoms with Crippen LogP contribution in [0, 0.1) is 0 Å². The highest BCUT2D eigenvalue weighted by Gasteiger charge is 2.34. The van der Waals surface area contributed by atoms with Gasteiger partial charge in [-0.3, -0.25) is 4.79 Å². The van der Waals surface area contributed by atoms with Crippen molar-refractivity contribution in [1.82, 2.24) is 15.5 Å². The van der Waals surface area contributed by atoms with E-state index in [-0.39, 0.29) is 23.8 Å². The van der Waals surface area contributed by atoms with Gasteiger partial charge in [0.15, 0.2) is 9.84 Å². The van der Waals surface area contributed by atoms with Gasteiger partial charge < -0.3 is 25.4 Å². The van der Waals surface area contributed by atoms with Crippen molar-refractivity contribution in [3.63, 3.8) is 0 Å². The zero-order chi connectivity index (χ0) is 23.3. The summed E-state index contributed by atoms with van der Waals surface area (Å²) in [6, 6.07) is 11.5. The van der Waals surface area contributed by atoms with Gasteiger partial charge in [-0.1, -0.05) is 24.3 Å². The summed E-state index contributed by atoms with van der Waals surface area (Å²) in [4.78, 5) is 27.0. The molecule has 3 N–H and O–H groups in total. The lowest BCUT2D eigenvalue weighted by molar-refractivity contribution is -0.128. The number of rotatable bonds is 7. The molecule has 0 radical (unpaired) electrons. The topological polar surface area (TPSA) is 125 Å². The van der Waals surface area contributed by atoms with E-state index in [2.05, 4.69) is 10.6 Å². The molecular weight excluding hydrogens is 434 g/mol. The number of carbonyl (C=O) groups is 2. The first-order valence-corrected chi connectivity index (χ1v) is 12.0. The average molecular weight is 462 g/mol. The van der Waals surface area contributed by atoms with Crippen LogP contribution in [-0.4, -0.2) is 69.5 Å². The number of urea groups is 1. The maximum Gasteiger partial charge on any atom is 0.318 e. The SMILES string of the molecule is COc1ccc(C(NC(=O)N2CCNC(=O)C2CCO)c2cccc(S(C)(=O)=O)c2)cc1. The number of piperazine rings is 1. The van der Waals surface area contributed by atoms with Gasteiger partial charge in [-0.2, -0.15) is 0 Å². The molecule has 172 valence electrons. The minimum atomic E-state index is -3.45. The van der Waals surface area contributed by atoms with Crippen LogP contribution in [0.15, 0.2) is 53.4 Å². The molecule has 3 rings (SSSR count). The van der Waals surface area contributed by atoms with E-state index < -0.39 is 28.0 Å². The molecule has 1 aliphatic rings. The number of aliphatic hydroxyl groups is 1. The highest BCUT2D eigenvalue weighted by Crippen LogP contribution is 2.27. The molecule has 0 spiro atoms. The van der Waals surface area contributed by atoms with Crippen molar-refractivity contribution < 1.29 is 27.9 Å². The minimum Gasteiger partial charge on any atom is -0.497 e. The molecule has 2 aromatic carbocycles. The number of nitrogens with zero attached hydrogens (tertiary/aromatic N) is 1. The van der Waals surface area contributed by atoms with E-state index in [0.29, 0.717) is 30.0 Å². The number of methoxy groups -OCH3 is 1. The van der Waals surface area contributed by atoms with E-state index >= 15 is 0 Å². The van der Waals surface area contributed by atoms with Gasteiger partial charge >= 0.3 is 6.03 Å². The third kappa shape index (κ3) is 5.38. The Kier molecular flexibility index (Phi) is 7.37. The van der Waals surface area contributed by atoms with Crippen molar-refractivity contribution in [1.29, 1.82) is 0 Å². The monoisotopic (exact) mass is 461 g/mol.